The van der Waals surface area contributed by atoms with Crippen molar-refractivity contribution in [3.8, 4) is 5.69 Å². The summed E-state index contributed by atoms with van der Waals surface area (Å²) < 4.78 is 1.79. The normalized spacial score (nSPS) is 16.9. The van der Waals surface area contributed by atoms with E-state index in [1.807, 2.05) is 44.3 Å². The number of hydrogen-bond donors (Lipinski definition) is 2. The zero-order chi connectivity index (χ0) is 17.8. The van der Waals surface area contributed by atoms with Gasteiger partial charge in [0, 0.05) is 18.7 Å². The number of halogens is 2. The number of benzene rings is 1. The Morgan fingerprint density at radius 3 is 2.59 bits per heavy atom. The van der Waals surface area contributed by atoms with Crippen molar-refractivity contribution < 1.29 is 4.79 Å². The average molecular weight is 414 g/mol. The Bertz CT molecular complexity index is 732. The molecule has 1 amide bonds. The molecule has 1 aliphatic rings. The van der Waals surface area contributed by atoms with Gasteiger partial charge in [0.05, 0.1) is 17.9 Å². The minimum atomic E-state index is 0. The third-order valence-corrected chi connectivity index (χ3v) is 4.66. The van der Waals surface area contributed by atoms with Crippen LogP contribution in [0.1, 0.15) is 24.1 Å². The fourth-order valence-corrected chi connectivity index (χ4v) is 3.29. The van der Waals surface area contributed by atoms with Crippen LogP contribution in [0.5, 0.6) is 0 Å². The number of hydrogen-bond acceptors (Lipinski definition) is 4. The van der Waals surface area contributed by atoms with E-state index in [-0.39, 0.29) is 30.7 Å². The van der Waals surface area contributed by atoms with Gasteiger partial charge in [-0.2, -0.15) is 5.10 Å². The maximum Gasteiger partial charge on any atom is 0.239 e. The van der Waals surface area contributed by atoms with E-state index in [0.717, 1.165) is 30.9 Å². The van der Waals surface area contributed by atoms with E-state index in [1.165, 1.54) is 12.0 Å². The molecule has 0 aliphatic carbocycles. The van der Waals surface area contributed by atoms with Gasteiger partial charge >= 0.3 is 0 Å². The smallest absolute Gasteiger partial charge is 0.239 e. The standard InChI is InChI=1S/C19H27N5O.2ClH/c1-14-6-8-17(9-7-14)24-18(11-15(2)22-24)21-19(25)13-23-10-4-5-16(12-23)20-3;;/h6-9,11,16,20H,4-5,10,12-13H2,1-3H3,(H,21,25);2*1H. The number of aromatic nitrogens is 2. The van der Waals surface area contributed by atoms with Crippen molar-refractivity contribution in [1.29, 1.82) is 0 Å². The number of nitrogens with zero attached hydrogens (tertiary/aromatic N) is 3. The van der Waals surface area contributed by atoms with Gasteiger partial charge in [-0.25, -0.2) is 4.68 Å². The number of amides is 1. The predicted octanol–water partition coefficient (Wildman–Crippen LogP) is 2.96. The molecule has 1 aromatic carbocycles. The second kappa shape index (κ2) is 10.7. The monoisotopic (exact) mass is 413 g/mol. The fraction of sp³-hybridized carbons (Fsp3) is 0.474. The van der Waals surface area contributed by atoms with Crippen LogP contribution in [0.2, 0.25) is 0 Å². The SMILES string of the molecule is CNC1CCCN(CC(=O)Nc2cc(C)nn2-c2ccc(C)cc2)C1.Cl.Cl. The van der Waals surface area contributed by atoms with E-state index in [2.05, 4.69) is 27.6 Å². The van der Waals surface area contributed by atoms with Crippen molar-refractivity contribution in [3.05, 3.63) is 41.6 Å². The lowest BCUT2D eigenvalue weighted by atomic mass is 10.1. The third kappa shape index (κ3) is 6.21. The minimum absolute atomic E-state index is 0. The lowest BCUT2D eigenvalue weighted by molar-refractivity contribution is -0.117. The van der Waals surface area contributed by atoms with Gasteiger partial charge in [-0.3, -0.25) is 9.69 Å². The van der Waals surface area contributed by atoms with Crippen molar-refractivity contribution in [2.45, 2.75) is 32.7 Å². The van der Waals surface area contributed by atoms with Gasteiger partial charge < -0.3 is 10.6 Å². The first-order valence-electron chi connectivity index (χ1n) is 8.88. The molecule has 3 rings (SSSR count). The highest BCUT2D eigenvalue weighted by Gasteiger charge is 2.21. The van der Waals surface area contributed by atoms with Crippen molar-refractivity contribution >= 4 is 36.5 Å². The topological polar surface area (TPSA) is 62.2 Å². The Morgan fingerprint density at radius 1 is 1.22 bits per heavy atom. The van der Waals surface area contributed by atoms with E-state index in [0.29, 0.717) is 18.4 Å². The highest BCUT2D eigenvalue weighted by Crippen LogP contribution is 2.18. The molecule has 2 aromatic rings. The molecule has 2 N–H and O–H groups in total. The number of likely N-dealkylation sites (N-methyl/N-ethyl adjacent to an activating group) is 1. The molecule has 1 saturated heterocycles. The maximum absolute atomic E-state index is 12.5. The van der Waals surface area contributed by atoms with Crippen LogP contribution in [0.25, 0.3) is 5.69 Å². The molecule has 1 aliphatic heterocycles. The number of rotatable bonds is 5. The number of piperidine rings is 1. The molecular formula is C19H29Cl2N5O. The molecule has 1 unspecified atom stereocenters. The molecule has 27 heavy (non-hydrogen) atoms. The van der Waals surface area contributed by atoms with E-state index in [4.69, 9.17) is 0 Å². The number of anilines is 1. The third-order valence-electron chi connectivity index (χ3n) is 4.66. The number of nitrogens with one attached hydrogen (secondary N) is 2. The lowest BCUT2D eigenvalue weighted by Crippen LogP contribution is -2.47. The van der Waals surface area contributed by atoms with Gasteiger partial charge in [0.15, 0.2) is 0 Å². The quantitative estimate of drug-likeness (QED) is 0.790. The molecule has 6 nitrogen and oxygen atoms in total. The van der Waals surface area contributed by atoms with Crippen molar-refractivity contribution in [1.82, 2.24) is 20.0 Å². The Morgan fingerprint density at radius 2 is 1.93 bits per heavy atom. The molecule has 8 heteroatoms. The fourth-order valence-electron chi connectivity index (χ4n) is 3.29. The summed E-state index contributed by atoms with van der Waals surface area (Å²) >= 11 is 0. The summed E-state index contributed by atoms with van der Waals surface area (Å²) in [6, 6.07) is 10.5. The van der Waals surface area contributed by atoms with Gasteiger partial charge in [0.25, 0.3) is 0 Å². The van der Waals surface area contributed by atoms with Gasteiger partial charge in [-0.05, 0) is 52.4 Å². The molecule has 1 aromatic heterocycles. The van der Waals surface area contributed by atoms with Crippen LogP contribution in [-0.2, 0) is 4.79 Å². The summed E-state index contributed by atoms with van der Waals surface area (Å²) in [6.07, 6.45) is 2.30. The Labute approximate surface area is 173 Å². The number of carbonyl (C=O) groups excluding carboxylic acids is 1. The van der Waals surface area contributed by atoms with E-state index < -0.39 is 0 Å². The highest BCUT2D eigenvalue weighted by molar-refractivity contribution is 5.91. The zero-order valence-corrected chi connectivity index (χ0v) is 17.7. The summed E-state index contributed by atoms with van der Waals surface area (Å²) in [4.78, 5) is 14.7. The van der Waals surface area contributed by atoms with Crippen LogP contribution < -0.4 is 10.6 Å². The number of likely N-dealkylation sites (tertiary alicyclic amines) is 1. The number of aryl methyl sites for hydroxylation is 2. The van der Waals surface area contributed by atoms with Crippen LogP contribution in [0.4, 0.5) is 5.82 Å². The van der Waals surface area contributed by atoms with Gasteiger partial charge in [0.1, 0.15) is 5.82 Å². The molecule has 0 radical (unpaired) electrons. The van der Waals surface area contributed by atoms with Crippen molar-refractivity contribution in [3.63, 3.8) is 0 Å². The Kier molecular flexibility index (Phi) is 9.26. The van der Waals surface area contributed by atoms with E-state index in [1.54, 1.807) is 4.68 Å². The zero-order valence-electron chi connectivity index (χ0n) is 16.1. The van der Waals surface area contributed by atoms with Crippen molar-refractivity contribution in [2.75, 3.05) is 32.0 Å². The molecular weight excluding hydrogens is 385 g/mol. The molecule has 2 heterocycles. The molecule has 0 saturated carbocycles. The van der Waals surface area contributed by atoms with Crippen LogP contribution in [0, 0.1) is 13.8 Å². The predicted molar refractivity (Wildman–Crippen MR) is 115 cm³/mol. The highest BCUT2D eigenvalue weighted by atomic mass is 35.5. The molecule has 150 valence electrons. The lowest BCUT2D eigenvalue weighted by Gasteiger charge is -2.31. The average Bonchev–Trinajstić information content (AvgIpc) is 2.95. The summed E-state index contributed by atoms with van der Waals surface area (Å²) in [5.74, 6) is 0.721. The number of carbonyl (C=O) groups is 1. The first kappa shape index (κ1) is 23.4. The minimum Gasteiger partial charge on any atom is -0.316 e. The first-order valence-corrected chi connectivity index (χ1v) is 8.88. The van der Waals surface area contributed by atoms with Crippen molar-refractivity contribution in [2.24, 2.45) is 0 Å². The van der Waals surface area contributed by atoms with Gasteiger partial charge in [0.2, 0.25) is 5.91 Å². The molecule has 1 atom stereocenters. The van der Waals surface area contributed by atoms with E-state index >= 15 is 0 Å². The van der Waals surface area contributed by atoms with Crippen LogP contribution in [-0.4, -0.2) is 53.3 Å². The van der Waals surface area contributed by atoms with Crippen LogP contribution in [0.15, 0.2) is 30.3 Å². The second-order valence-corrected chi connectivity index (χ2v) is 6.83. The molecule has 0 bridgehead atoms. The molecule has 0 spiro atoms. The van der Waals surface area contributed by atoms with Gasteiger partial charge in [-0.1, -0.05) is 17.7 Å². The maximum atomic E-state index is 12.5. The Balaban J connectivity index is 0.00000182. The Hall–Kier alpha value is -1.60. The summed E-state index contributed by atoms with van der Waals surface area (Å²) in [5.41, 5.74) is 3.02. The summed E-state index contributed by atoms with van der Waals surface area (Å²) in [6.45, 7) is 6.29. The van der Waals surface area contributed by atoms with Crippen LogP contribution in [0.3, 0.4) is 0 Å². The van der Waals surface area contributed by atoms with E-state index in [9.17, 15) is 4.79 Å². The largest absolute Gasteiger partial charge is 0.316 e. The molecule has 1 fully saturated rings. The van der Waals surface area contributed by atoms with Crippen LogP contribution >= 0.6 is 24.8 Å². The van der Waals surface area contributed by atoms with Gasteiger partial charge in [-0.15, -0.1) is 24.8 Å². The first-order chi connectivity index (χ1) is 12.0. The summed E-state index contributed by atoms with van der Waals surface area (Å²) in [5, 5.41) is 10.8. The second-order valence-electron chi connectivity index (χ2n) is 6.83. The summed E-state index contributed by atoms with van der Waals surface area (Å²) in [7, 11) is 1.98.